The van der Waals surface area contributed by atoms with Crippen molar-refractivity contribution in [2.45, 2.75) is 25.4 Å². The maximum Gasteiger partial charge on any atom is 0.254 e. The molecule has 26 heavy (non-hydrogen) atoms. The average Bonchev–Trinajstić information content (AvgIpc) is 2.75. The molecule has 7 heteroatoms. The Kier molecular flexibility index (Phi) is 5.26. The number of carbonyl (C=O) groups excluding carboxylic acids is 3. The SMILES string of the molecule is O=C(CCC1NC(=O)c2ccccc2NC1=O)NCc1cccc(F)c1. The molecule has 0 bridgehead atoms. The van der Waals surface area contributed by atoms with Crippen LogP contribution in [0.3, 0.4) is 0 Å². The monoisotopic (exact) mass is 355 g/mol. The first kappa shape index (κ1) is 17.6. The molecule has 134 valence electrons. The lowest BCUT2D eigenvalue weighted by atomic mass is 10.1. The number of hydrogen-bond donors (Lipinski definition) is 3. The predicted molar refractivity (Wildman–Crippen MR) is 93.8 cm³/mol. The third-order valence-electron chi connectivity index (χ3n) is 4.09. The lowest BCUT2D eigenvalue weighted by Crippen LogP contribution is -2.42. The van der Waals surface area contributed by atoms with E-state index in [1.807, 2.05) is 0 Å². The van der Waals surface area contributed by atoms with Gasteiger partial charge in [-0.3, -0.25) is 14.4 Å². The van der Waals surface area contributed by atoms with Gasteiger partial charge < -0.3 is 16.0 Å². The minimum absolute atomic E-state index is 0.0596. The van der Waals surface area contributed by atoms with E-state index in [1.165, 1.54) is 12.1 Å². The molecule has 0 aromatic heterocycles. The van der Waals surface area contributed by atoms with Gasteiger partial charge in [0.25, 0.3) is 5.91 Å². The van der Waals surface area contributed by atoms with Crippen LogP contribution in [0.1, 0.15) is 28.8 Å². The van der Waals surface area contributed by atoms with Crippen LogP contribution in [0.5, 0.6) is 0 Å². The Morgan fingerprint density at radius 3 is 2.73 bits per heavy atom. The van der Waals surface area contributed by atoms with Crippen LogP contribution < -0.4 is 16.0 Å². The molecule has 6 nitrogen and oxygen atoms in total. The Labute approximate surface area is 149 Å². The second-order valence-corrected chi connectivity index (χ2v) is 6.01. The van der Waals surface area contributed by atoms with Crippen molar-refractivity contribution in [2.24, 2.45) is 0 Å². The Balaban J connectivity index is 1.53. The molecule has 0 saturated carbocycles. The van der Waals surface area contributed by atoms with Crippen LogP contribution in [0, 0.1) is 5.82 Å². The number of hydrogen-bond acceptors (Lipinski definition) is 3. The van der Waals surface area contributed by atoms with Gasteiger partial charge in [-0.05, 0) is 36.2 Å². The third-order valence-corrected chi connectivity index (χ3v) is 4.09. The topological polar surface area (TPSA) is 87.3 Å². The lowest BCUT2D eigenvalue weighted by molar-refractivity contribution is -0.122. The number of anilines is 1. The molecule has 0 radical (unpaired) electrons. The fourth-order valence-corrected chi connectivity index (χ4v) is 2.73. The van der Waals surface area contributed by atoms with Gasteiger partial charge in [-0.15, -0.1) is 0 Å². The number of para-hydroxylation sites is 1. The number of rotatable bonds is 5. The zero-order chi connectivity index (χ0) is 18.5. The highest BCUT2D eigenvalue weighted by atomic mass is 19.1. The smallest absolute Gasteiger partial charge is 0.254 e. The van der Waals surface area contributed by atoms with Crippen LogP contribution in [-0.4, -0.2) is 23.8 Å². The molecule has 1 atom stereocenters. The fourth-order valence-electron chi connectivity index (χ4n) is 2.73. The van der Waals surface area contributed by atoms with Gasteiger partial charge in [-0.1, -0.05) is 24.3 Å². The average molecular weight is 355 g/mol. The van der Waals surface area contributed by atoms with Gasteiger partial charge in [-0.25, -0.2) is 4.39 Å². The Morgan fingerprint density at radius 1 is 1.12 bits per heavy atom. The molecule has 3 amide bonds. The number of fused-ring (bicyclic) bond motifs is 1. The van der Waals surface area contributed by atoms with Crippen molar-refractivity contribution < 1.29 is 18.8 Å². The highest BCUT2D eigenvalue weighted by Gasteiger charge is 2.27. The number of halogens is 1. The third kappa shape index (κ3) is 4.24. The molecule has 0 saturated heterocycles. The van der Waals surface area contributed by atoms with Crippen molar-refractivity contribution in [3.63, 3.8) is 0 Å². The number of amides is 3. The summed E-state index contributed by atoms with van der Waals surface area (Å²) in [5.74, 6) is -1.36. The van der Waals surface area contributed by atoms with Gasteiger partial charge in [-0.2, -0.15) is 0 Å². The van der Waals surface area contributed by atoms with E-state index in [0.29, 0.717) is 16.8 Å². The second-order valence-electron chi connectivity index (χ2n) is 6.01. The zero-order valence-electron chi connectivity index (χ0n) is 13.9. The first-order chi connectivity index (χ1) is 12.5. The van der Waals surface area contributed by atoms with Crippen molar-refractivity contribution in [2.75, 3.05) is 5.32 Å². The number of nitrogens with one attached hydrogen (secondary N) is 3. The van der Waals surface area contributed by atoms with E-state index in [0.717, 1.165) is 0 Å². The van der Waals surface area contributed by atoms with Crippen LogP contribution in [0.2, 0.25) is 0 Å². The molecule has 1 unspecified atom stereocenters. The maximum absolute atomic E-state index is 13.1. The quantitative estimate of drug-likeness (QED) is 0.766. The standard InChI is InChI=1S/C19H18FN3O3/c20-13-5-3-4-12(10-13)11-21-17(24)9-8-16-19(26)22-15-7-2-1-6-14(15)18(25)23-16/h1-7,10,16H,8-9,11H2,(H,21,24)(H,22,26)(H,23,25). The lowest BCUT2D eigenvalue weighted by Gasteiger charge is -2.14. The summed E-state index contributed by atoms with van der Waals surface area (Å²) in [5, 5.41) is 8.01. The molecular formula is C19H18FN3O3. The molecule has 1 aliphatic rings. The van der Waals surface area contributed by atoms with Crippen molar-refractivity contribution in [3.8, 4) is 0 Å². The highest BCUT2D eigenvalue weighted by molar-refractivity contribution is 6.09. The van der Waals surface area contributed by atoms with Crippen molar-refractivity contribution in [1.29, 1.82) is 0 Å². The molecular weight excluding hydrogens is 337 g/mol. The van der Waals surface area contributed by atoms with Crippen LogP contribution in [0.25, 0.3) is 0 Å². The summed E-state index contributed by atoms with van der Waals surface area (Å²) in [4.78, 5) is 36.4. The first-order valence-corrected chi connectivity index (χ1v) is 8.25. The highest BCUT2D eigenvalue weighted by Crippen LogP contribution is 2.19. The molecule has 0 aliphatic carbocycles. The summed E-state index contributed by atoms with van der Waals surface area (Å²) in [5.41, 5.74) is 1.49. The summed E-state index contributed by atoms with van der Waals surface area (Å²) in [6.45, 7) is 0.200. The predicted octanol–water partition coefficient (Wildman–Crippen LogP) is 1.97. The Morgan fingerprint density at radius 2 is 1.92 bits per heavy atom. The van der Waals surface area contributed by atoms with Gasteiger partial charge in [0.15, 0.2) is 0 Å². The molecule has 1 heterocycles. The molecule has 3 rings (SSSR count). The summed E-state index contributed by atoms with van der Waals surface area (Å²) < 4.78 is 13.1. The largest absolute Gasteiger partial charge is 0.352 e. The molecule has 2 aromatic carbocycles. The van der Waals surface area contributed by atoms with E-state index in [2.05, 4.69) is 16.0 Å². The van der Waals surface area contributed by atoms with Crippen LogP contribution >= 0.6 is 0 Å². The van der Waals surface area contributed by atoms with E-state index < -0.39 is 6.04 Å². The van der Waals surface area contributed by atoms with Gasteiger partial charge in [0, 0.05) is 13.0 Å². The fraction of sp³-hybridized carbons (Fsp3) is 0.211. The second kappa shape index (κ2) is 7.77. The van der Waals surface area contributed by atoms with E-state index in [9.17, 15) is 18.8 Å². The first-order valence-electron chi connectivity index (χ1n) is 8.25. The zero-order valence-corrected chi connectivity index (χ0v) is 13.9. The summed E-state index contributed by atoms with van der Waals surface area (Å²) in [7, 11) is 0. The molecule has 0 fully saturated rings. The minimum Gasteiger partial charge on any atom is -0.352 e. The maximum atomic E-state index is 13.1. The van der Waals surface area contributed by atoms with Gasteiger partial charge >= 0.3 is 0 Å². The van der Waals surface area contributed by atoms with Crippen LogP contribution in [-0.2, 0) is 16.1 Å². The van der Waals surface area contributed by atoms with E-state index >= 15 is 0 Å². The summed E-state index contributed by atoms with van der Waals surface area (Å²) >= 11 is 0. The minimum atomic E-state index is -0.796. The van der Waals surface area contributed by atoms with Gasteiger partial charge in [0.2, 0.25) is 11.8 Å². The summed E-state index contributed by atoms with van der Waals surface area (Å²) in [6.07, 6.45) is 0.227. The molecule has 1 aliphatic heterocycles. The van der Waals surface area contributed by atoms with Crippen molar-refractivity contribution in [1.82, 2.24) is 10.6 Å². The Hall–Kier alpha value is -3.22. The normalized spacial score (nSPS) is 16.1. The van der Waals surface area contributed by atoms with Gasteiger partial charge in [0.05, 0.1) is 11.3 Å². The molecule has 3 N–H and O–H groups in total. The van der Waals surface area contributed by atoms with E-state index in [1.54, 1.807) is 36.4 Å². The number of benzene rings is 2. The van der Waals surface area contributed by atoms with E-state index in [4.69, 9.17) is 0 Å². The van der Waals surface area contributed by atoms with Crippen molar-refractivity contribution >= 4 is 23.4 Å². The van der Waals surface area contributed by atoms with Crippen LogP contribution in [0.4, 0.5) is 10.1 Å². The summed E-state index contributed by atoms with van der Waals surface area (Å²) in [6, 6.07) is 11.9. The molecule has 2 aromatic rings. The number of carbonyl (C=O) groups is 3. The Bertz CT molecular complexity index is 853. The van der Waals surface area contributed by atoms with Crippen molar-refractivity contribution in [3.05, 3.63) is 65.5 Å². The van der Waals surface area contributed by atoms with Gasteiger partial charge in [0.1, 0.15) is 11.9 Å². The van der Waals surface area contributed by atoms with Crippen LogP contribution in [0.15, 0.2) is 48.5 Å². The molecule has 0 spiro atoms. The van der Waals surface area contributed by atoms with E-state index in [-0.39, 0.29) is 42.9 Å².